The highest BCUT2D eigenvalue weighted by atomic mass is 35.5. The Kier molecular flexibility index (Phi) is 6.25. The fraction of sp³-hybridized carbons (Fsp3) is 0.714. The maximum atomic E-state index is 6.31. The Morgan fingerprint density at radius 2 is 1.81 bits per heavy atom. The summed E-state index contributed by atoms with van der Waals surface area (Å²) in [5.41, 5.74) is 2.25. The zero-order chi connectivity index (χ0) is 18.8. The summed E-state index contributed by atoms with van der Waals surface area (Å²) in [4.78, 5) is 5.13. The number of rotatable bonds is 4. The molecule has 1 aromatic rings. The van der Waals surface area contributed by atoms with Gasteiger partial charge in [-0.25, -0.2) is 0 Å². The van der Waals surface area contributed by atoms with Gasteiger partial charge < -0.3 is 14.2 Å². The first-order valence-corrected chi connectivity index (χ1v) is 10.6. The van der Waals surface area contributed by atoms with Crippen molar-refractivity contribution in [3.63, 3.8) is 0 Å². The number of ether oxygens (including phenoxy) is 3. The summed E-state index contributed by atoms with van der Waals surface area (Å²) < 4.78 is 17.0. The number of halogens is 1. The monoisotopic (exact) mass is 394 g/mol. The number of hydrogen-bond acceptors (Lipinski definition) is 5. The van der Waals surface area contributed by atoms with E-state index in [9.17, 15) is 0 Å². The van der Waals surface area contributed by atoms with E-state index in [-0.39, 0.29) is 0 Å². The molecule has 2 unspecified atom stereocenters. The van der Waals surface area contributed by atoms with Crippen molar-refractivity contribution in [3.05, 3.63) is 28.3 Å². The number of piperidine rings is 1. The second-order valence-corrected chi connectivity index (χ2v) is 8.80. The molecule has 0 amide bonds. The lowest BCUT2D eigenvalue weighted by Crippen LogP contribution is -2.48. The summed E-state index contributed by atoms with van der Waals surface area (Å²) in [6, 6.07) is 4.00. The molecule has 2 atom stereocenters. The first kappa shape index (κ1) is 19.5. The van der Waals surface area contributed by atoms with Crippen molar-refractivity contribution in [1.29, 1.82) is 0 Å². The molecule has 1 aromatic carbocycles. The van der Waals surface area contributed by atoms with Gasteiger partial charge in [0.25, 0.3) is 0 Å². The summed E-state index contributed by atoms with van der Waals surface area (Å²) in [7, 11) is 0. The molecule has 6 heteroatoms. The van der Waals surface area contributed by atoms with Gasteiger partial charge in [-0.2, -0.15) is 0 Å². The van der Waals surface area contributed by atoms with Crippen molar-refractivity contribution in [2.75, 3.05) is 39.5 Å². The van der Waals surface area contributed by atoms with Gasteiger partial charge in [-0.05, 0) is 57.8 Å². The molecule has 3 aliphatic rings. The fourth-order valence-corrected chi connectivity index (χ4v) is 5.00. The molecule has 4 rings (SSSR count). The smallest absolute Gasteiger partial charge is 0.189 e. The number of nitrogens with zero attached hydrogens (tertiary/aromatic N) is 2. The first-order chi connectivity index (χ1) is 13.1. The van der Waals surface area contributed by atoms with Crippen LogP contribution in [0.25, 0.3) is 0 Å². The van der Waals surface area contributed by atoms with E-state index < -0.39 is 0 Å². The van der Waals surface area contributed by atoms with Crippen LogP contribution in [0.1, 0.15) is 37.8 Å². The minimum absolute atomic E-state index is 0.333. The molecule has 0 radical (unpaired) electrons. The van der Waals surface area contributed by atoms with Gasteiger partial charge in [0, 0.05) is 42.3 Å². The average molecular weight is 395 g/mol. The van der Waals surface area contributed by atoms with Crippen molar-refractivity contribution in [2.24, 2.45) is 5.92 Å². The van der Waals surface area contributed by atoms with Crippen molar-refractivity contribution in [2.45, 2.75) is 52.0 Å². The number of likely N-dealkylation sites (tertiary alicyclic amines) is 1. The van der Waals surface area contributed by atoms with Gasteiger partial charge in [0.15, 0.2) is 6.79 Å². The minimum atomic E-state index is 0.333. The highest BCUT2D eigenvalue weighted by molar-refractivity contribution is 6.30. The van der Waals surface area contributed by atoms with E-state index in [1.54, 1.807) is 0 Å². The topological polar surface area (TPSA) is 34.2 Å². The van der Waals surface area contributed by atoms with Crippen LogP contribution in [0.5, 0.6) is 5.75 Å². The second kappa shape index (κ2) is 8.66. The zero-order valence-electron chi connectivity index (χ0n) is 16.5. The van der Waals surface area contributed by atoms with Gasteiger partial charge in [0.2, 0.25) is 0 Å². The third kappa shape index (κ3) is 4.96. The molecule has 5 nitrogen and oxygen atoms in total. The Labute approximate surface area is 167 Å². The van der Waals surface area contributed by atoms with E-state index in [0.29, 0.717) is 25.6 Å². The van der Waals surface area contributed by atoms with Crippen LogP contribution in [0.3, 0.4) is 0 Å². The number of morpholine rings is 1. The molecule has 0 bridgehead atoms. The van der Waals surface area contributed by atoms with E-state index >= 15 is 0 Å². The summed E-state index contributed by atoms with van der Waals surface area (Å²) in [5.74, 6) is 1.76. The molecule has 27 heavy (non-hydrogen) atoms. The van der Waals surface area contributed by atoms with Crippen molar-refractivity contribution >= 4 is 11.6 Å². The maximum Gasteiger partial charge on any atom is 0.189 e. The van der Waals surface area contributed by atoms with Crippen LogP contribution < -0.4 is 4.74 Å². The second-order valence-electron chi connectivity index (χ2n) is 8.36. The predicted molar refractivity (Wildman–Crippen MR) is 106 cm³/mol. The fourth-order valence-electron chi connectivity index (χ4n) is 4.74. The largest absolute Gasteiger partial charge is 0.467 e. The van der Waals surface area contributed by atoms with Gasteiger partial charge >= 0.3 is 0 Å². The van der Waals surface area contributed by atoms with E-state index in [1.807, 2.05) is 12.1 Å². The van der Waals surface area contributed by atoms with Crippen LogP contribution in [0.2, 0.25) is 5.02 Å². The third-order valence-corrected chi connectivity index (χ3v) is 6.08. The Bertz CT molecular complexity index is 639. The number of benzene rings is 1. The SMILES string of the molecule is CC1CN(CC2CCN(Cc3cc(Cl)cc4c3OCOC4)CC2)CC(C)O1. The van der Waals surface area contributed by atoms with E-state index in [2.05, 4.69) is 23.6 Å². The number of hydrogen-bond donors (Lipinski definition) is 0. The molecule has 0 N–H and O–H groups in total. The lowest BCUT2D eigenvalue weighted by molar-refractivity contribution is -0.0732. The van der Waals surface area contributed by atoms with Gasteiger partial charge in [-0.15, -0.1) is 0 Å². The van der Waals surface area contributed by atoms with Crippen LogP contribution in [-0.4, -0.2) is 61.5 Å². The third-order valence-electron chi connectivity index (χ3n) is 5.86. The quantitative estimate of drug-likeness (QED) is 0.780. The zero-order valence-corrected chi connectivity index (χ0v) is 17.2. The molecule has 0 spiro atoms. The molecule has 0 aromatic heterocycles. The van der Waals surface area contributed by atoms with E-state index in [0.717, 1.165) is 55.0 Å². The highest BCUT2D eigenvalue weighted by Crippen LogP contribution is 2.33. The predicted octanol–water partition coefficient (Wildman–Crippen LogP) is 3.53. The van der Waals surface area contributed by atoms with Gasteiger partial charge in [0.05, 0.1) is 18.8 Å². The summed E-state index contributed by atoms with van der Waals surface area (Å²) in [6.07, 6.45) is 3.22. The van der Waals surface area contributed by atoms with Crippen molar-refractivity contribution < 1.29 is 14.2 Å². The van der Waals surface area contributed by atoms with E-state index in [1.165, 1.54) is 24.9 Å². The Morgan fingerprint density at radius 1 is 1.07 bits per heavy atom. The number of fused-ring (bicyclic) bond motifs is 1. The van der Waals surface area contributed by atoms with Gasteiger partial charge in [-0.1, -0.05) is 11.6 Å². The highest BCUT2D eigenvalue weighted by Gasteiger charge is 2.27. The van der Waals surface area contributed by atoms with Crippen molar-refractivity contribution in [1.82, 2.24) is 9.80 Å². The summed E-state index contributed by atoms with van der Waals surface area (Å²) in [6.45, 7) is 11.8. The average Bonchev–Trinajstić information content (AvgIpc) is 2.62. The molecule has 2 saturated heterocycles. The van der Waals surface area contributed by atoms with Crippen LogP contribution >= 0.6 is 11.6 Å². The molecule has 3 aliphatic heterocycles. The maximum absolute atomic E-state index is 6.31. The molecular formula is C21H31ClN2O3. The normalized spacial score (nSPS) is 28.0. The van der Waals surface area contributed by atoms with Crippen LogP contribution in [0, 0.1) is 5.92 Å². The van der Waals surface area contributed by atoms with Gasteiger partial charge in [-0.3, -0.25) is 9.80 Å². The standard InChI is InChI=1S/C21H31ClN2O3/c1-15-9-24(10-16(2)27-15)11-17-3-5-23(6-4-17)12-18-7-20(22)8-19-13-25-14-26-21(18)19/h7-8,15-17H,3-6,9-14H2,1-2H3. The van der Waals surface area contributed by atoms with Crippen molar-refractivity contribution in [3.8, 4) is 5.75 Å². The first-order valence-electron chi connectivity index (χ1n) is 10.2. The molecule has 0 saturated carbocycles. The molecule has 150 valence electrons. The molecule has 3 heterocycles. The van der Waals surface area contributed by atoms with Crippen LogP contribution in [-0.2, 0) is 22.6 Å². The summed E-state index contributed by atoms with van der Waals surface area (Å²) in [5, 5.41) is 0.767. The van der Waals surface area contributed by atoms with Crippen LogP contribution in [0.4, 0.5) is 0 Å². The molecule has 2 fully saturated rings. The Balaban J connectivity index is 1.31. The molecule has 0 aliphatic carbocycles. The Morgan fingerprint density at radius 3 is 2.56 bits per heavy atom. The lowest BCUT2D eigenvalue weighted by atomic mass is 9.95. The Hall–Kier alpha value is -0.850. The molecular weight excluding hydrogens is 364 g/mol. The van der Waals surface area contributed by atoms with Crippen LogP contribution in [0.15, 0.2) is 12.1 Å². The van der Waals surface area contributed by atoms with E-state index in [4.69, 9.17) is 25.8 Å². The van der Waals surface area contributed by atoms with Gasteiger partial charge in [0.1, 0.15) is 5.75 Å². The minimum Gasteiger partial charge on any atom is -0.467 e. The lowest BCUT2D eigenvalue weighted by Gasteiger charge is -2.39. The summed E-state index contributed by atoms with van der Waals surface area (Å²) >= 11 is 6.31.